The molecule has 2 saturated heterocycles. The van der Waals surface area contributed by atoms with Crippen molar-refractivity contribution < 1.29 is 19.1 Å². The Morgan fingerprint density at radius 2 is 1.73 bits per heavy atom. The molecule has 1 aliphatic carbocycles. The highest BCUT2D eigenvalue weighted by Crippen LogP contribution is 2.60. The van der Waals surface area contributed by atoms with Crippen LogP contribution in [0.5, 0.6) is 11.5 Å². The summed E-state index contributed by atoms with van der Waals surface area (Å²) in [7, 11) is 3.38. The van der Waals surface area contributed by atoms with Crippen LogP contribution in [0.25, 0.3) is 0 Å². The molecule has 1 spiro atoms. The van der Waals surface area contributed by atoms with Crippen LogP contribution < -0.4 is 14.4 Å². The topological polar surface area (TPSA) is 62.3 Å². The lowest BCUT2D eigenvalue weighted by molar-refractivity contribution is -0.138. The van der Waals surface area contributed by atoms with Crippen LogP contribution in [0, 0.1) is 17.8 Å². The predicted octanol–water partition coefficient (Wildman–Crippen LogP) is 3.70. The monoisotopic (exact) mass is 503 g/mol. The second-order valence-electron chi connectivity index (χ2n) is 11.1. The molecule has 2 amide bonds. The number of benzene rings is 2. The molecular weight excluding hydrogens is 466 g/mol. The number of hydrogen-bond acceptors (Lipinski definition) is 5. The van der Waals surface area contributed by atoms with E-state index in [9.17, 15) is 9.59 Å². The Hall–Kier alpha value is -3.22. The number of rotatable bonds is 4. The molecule has 6 rings (SSSR count). The van der Waals surface area contributed by atoms with Gasteiger partial charge in [-0.1, -0.05) is 19.1 Å². The van der Waals surface area contributed by atoms with E-state index in [1.807, 2.05) is 18.2 Å². The van der Waals surface area contributed by atoms with Gasteiger partial charge in [0.15, 0.2) is 0 Å². The van der Waals surface area contributed by atoms with E-state index in [0.717, 1.165) is 56.1 Å². The van der Waals surface area contributed by atoms with Gasteiger partial charge in [0.05, 0.1) is 19.8 Å². The van der Waals surface area contributed by atoms with Gasteiger partial charge < -0.3 is 24.2 Å². The number of fused-ring (bicyclic) bond motifs is 1. The van der Waals surface area contributed by atoms with Gasteiger partial charge in [0.25, 0.3) is 0 Å². The van der Waals surface area contributed by atoms with E-state index in [4.69, 9.17) is 9.47 Å². The first-order valence-electron chi connectivity index (χ1n) is 13.6. The number of hydrogen-bond donors (Lipinski definition) is 0. The molecule has 3 fully saturated rings. The molecule has 4 aliphatic rings. The number of methoxy groups -OCH3 is 2. The minimum atomic E-state index is -0.378. The highest BCUT2D eigenvalue weighted by Gasteiger charge is 2.64. The average Bonchev–Trinajstić information content (AvgIpc) is 3.28. The Labute approximate surface area is 219 Å². The first kappa shape index (κ1) is 24.1. The fraction of sp³-hybridized carbons (Fsp3) is 0.533. The van der Waals surface area contributed by atoms with Gasteiger partial charge in [0.2, 0.25) is 11.8 Å². The number of aryl methyl sites for hydroxylation is 1. The maximum Gasteiger partial charge on any atom is 0.226 e. The zero-order valence-electron chi connectivity index (χ0n) is 22.1. The zero-order chi connectivity index (χ0) is 25.7. The fourth-order valence-electron chi connectivity index (χ4n) is 7.74. The summed E-state index contributed by atoms with van der Waals surface area (Å²) in [4.78, 5) is 34.0. The van der Waals surface area contributed by atoms with Gasteiger partial charge >= 0.3 is 0 Å². The number of nitrogens with zero attached hydrogens (tertiary/aromatic N) is 3. The summed E-state index contributed by atoms with van der Waals surface area (Å²) in [6, 6.07) is 14.4. The first-order chi connectivity index (χ1) is 18.0. The molecule has 1 saturated carbocycles. The molecule has 0 N–H and O–H groups in total. The molecule has 7 heteroatoms. The summed E-state index contributed by atoms with van der Waals surface area (Å²) in [6.07, 6.45) is 3.20. The van der Waals surface area contributed by atoms with Gasteiger partial charge in [-0.15, -0.1) is 0 Å². The third-order valence-electron chi connectivity index (χ3n) is 9.37. The number of ether oxygens (including phenoxy) is 2. The van der Waals surface area contributed by atoms with Crippen molar-refractivity contribution in [1.29, 1.82) is 0 Å². The number of anilines is 1. The number of amides is 2. The van der Waals surface area contributed by atoms with Crippen LogP contribution in [-0.2, 0) is 21.5 Å². The van der Waals surface area contributed by atoms with Crippen molar-refractivity contribution in [2.24, 2.45) is 17.8 Å². The van der Waals surface area contributed by atoms with Crippen LogP contribution >= 0.6 is 0 Å². The summed E-state index contributed by atoms with van der Waals surface area (Å²) < 4.78 is 10.9. The van der Waals surface area contributed by atoms with Crippen molar-refractivity contribution in [3.63, 3.8) is 0 Å². The summed E-state index contributed by atoms with van der Waals surface area (Å²) in [5, 5.41) is 0. The third kappa shape index (κ3) is 3.77. The molecule has 4 atom stereocenters. The SMILES string of the molecule is COc1cccc(N2CCN(C(=O)[C@@H]3[C@@H](C)C[C@@]45c6ccc(OC)cc6CCCN4C(=O)C[C@@H]35)CC2)c1. The van der Waals surface area contributed by atoms with Crippen molar-refractivity contribution in [2.45, 2.75) is 38.1 Å². The third-order valence-corrected chi connectivity index (χ3v) is 9.37. The first-order valence-corrected chi connectivity index (χ1v) is 13.6. The summed E-state index contributed by atoms with van der Waals surface area (Å²) in [5.41, 5.74) is 3.26. The highest BCUT2D eigenvalue weighted by atomic mass is 16.5. The van der Waals surface area contributed by atoms with Gasteiger partial charge in [-0.3, -0.25) is 9.59 Å². The Kier molecular flexibility index (Phi) is 6.04. The Balaban J connectivity index is 1.26. The summed E-state index contributed by atoms with van der Waals surface area (Å²) in [6.45, 7) is 5.97. The number of carbonyl (C=O) groups is 2. The van der Waals surface area contributed by atoms with Crippen molar-refractivity contribution in [1.82, 2.24) is 9.80 Å². The van der Waals surface area contributed by atoms with Gasteiger partial charge in [-0.25, -0.2) is 0 Å². The van der Waals surface area contributed by atoms with Gasteiger partial charge in [-0.05, 0) is 60.6 Å². The standard InChI is InChI=1S/C30H37N3O4/c1-20-19-30-25-10-9-24(37-3)16-21(25)6-5-11-33(30)27(34)18-26(30)28(20)29(35)32-14-12-31(13-15-32)22-7-4-8-23(17-22)36-2/h4,7-10,16-17,20,26,28H,5-6,11-15,18-19H2,1-3H3/t20-,26-,28+,30-/m0/s1. The molecule has 37 heavy (non-hydrogen) atoms. The largest absolute Gasteiger partial charge is 0.497 e. The summed E-state index contributed by atoms with van der Waals surface area (Å²) in [5.74, 6) is 2.25. The minimum absolute atomic E-state index is 0.0177. The number of piperazine rings is 1. The van der Waals surface area contributed by atoms with Crippen molar-refractivity contribution >= 4 is 17.5 Å². The molecule has 2 aromatic rings. The van der Waals surface area contributed by atoms with Gasteiger partial charge in [0, 0.05) is 62.7 Å². The van der Waals surface area contributed by atoms with E-state index < -0.39 is 0 Å². The maximum atomic E-state index is 14.1. The maximum absolute atomic E-state index is 14.1. The smallest absolute Gasteiger partial charge is 0.226 e. The molecule has 3 heterocycles. The fourth-order valence-corrected chi connectivity index (χ4v) is 7.74. The summed E-state index contributed by atoms with van der Waals surface area (Å²) >= 11 is 0. The molecule has 196 valence electrons. The van der Waals surface area contributed by atoms with E-state index in [2.05, 4.69) is 45.9 Å². The van der Waals surface area contributed by atoms with Crippen molar-refractivity contribution in [3.8, 4) is 11.5 Å². The Morgan fingerprint density at radius 1 is 0.973 bits per heavy atom. The lowest BCUT2D eigenvalue weighted by Crippen LogP contribution is -2.52. The van der Waals surface area contributed by atoms with E-state index in [-0.39, 0.29) is 35.1 Å². The van der Waals surface area contributed by atoms with Gasteiger partial charge in [-0.2, -0.15) is 0 Å². The van der Waals surface area contributed by atoms with Crippen LogP contribution in [0.3, 0.4) is 0 Å². The molecule has 0 bridgehead atoms. The van der Waals surface area contributed by atoms with Crippen LogP contribution in [0.1, 0.15) is 37.3 Å². The number of carbonyl (C=O) groups excluding carboxylic acids is 2. The van der Waals surface area contributed by atoms with Crippen LogP contribution in [0.15, 0.2) is 42.5 Å². The Morgan fingerprint density at radius 3 is 2.49 bits per heavy atom. The molecule has 0 unspecified atom stereocenters. The normalized spacial score (nSPS) is 28.9. The lowest BCUT2D eigenvalue weighted by Gasteiger charge is -2.40. The molecular formula is C30H37N3O4. The van der Waals surface area contributed by atoms with Gasteiger partial charge in [0.1, 0.15) is 11.5 Å². The molecule has 2 aromatic carbocycles. The predicted molar refractivity (Wildman–Crippen MR) is 142 cm³/mol. The van der Waals surface area contributed by atoms with E-state index >= 15 is 0 Å². The molecule has 3 aliphatic heterocycles. The Bertz CT molecular complexity index is 1210. The average molecular weight is 504 g/mol. The van der Waals surface area contributed by atoms with Crippen LogP contribution in [0.2, 0.25) is 0 Å². The quantitative estimate of drug-likeness (QED) is 0.637. The van der Waals surface area contributed by atoms with Crippen molar-refractivity contribution in [2.75, 3.05) is 51.8 Å². The lowest BCUT2D eigenvalue weighted by atomic mass is 9.76. The molecule has 7 nitrogen and oxygen atoms in total. The molecule has 0 radical (unpaired) electrons. The zero-order valence-corrected chi connectivity index (χ0v) is 22.1. The van der Waals surface area contributed by atoms with E-state index in [1.54, 1.807) is 14.2 Å². The highest BCUT2D eigenvalue weighted by molar-refractivity contribution is 5.86. The van der Waals surface area contributed by atoms with Crippen LogP contribution in [-0.4, -0.2) is 68.6 Å². The minimum Gasteiger partial charge on any atom is -0.497 e. The molecule has 0 aromatic heterocycles. The van der Waals surface area contributed by atoms with E-state index in [0.29, 0.717) is 19.5 Å². The van der Waals surface area contributed by atoms with Crippen LogP contribution in [0.4, 0.5) is 5.69 Å². The second kappa shape index (κ2) is 9.26. The second-order valence-corrected chi connectivity index (χ2v) is 11.1. The van der Waals surface area contributed by atoms with Crippen molar-refractivity contribution in [3.05, 3.63) is 53.6 Å². The van der Waals surface area contributed by atoms with E-state index in [1.165, 1.54) is 11.1 Å².